The standard InChI is InChI=1S/C27H28N2O7S/c1-34-23-9-11-25(12-10-23)37(32,33)29-21-6-2-19(3-7-21)14-15-28-17-22(30)18-35-24-8-4-20-5-13-27(31)36-26(20)16-24/h2-13,16,22,28-30H,14-15,17-18H2,1H3/t22-/m0/s1. The largest absolute Gasteiger partial charge is 0.497 e. The Morgan fingerprint density at radius 2 is 1.65 bits per heavy atom. The molecule has 0 radical (unpaired) electrons. The highest BCUT2D eigenvalue weighted by Crippen LogP contribution is 2.21. The van der Waals surface area contributed by atoms with Crippen molar-refractivity contribution < 1.29 is 27.4 Å². The quantitative estimate of drug-likeness (QED) is 0.191. The number of hydrogen-bond donors (Lipinski definition) is 3. The molecule has 10 heteroatoms. The van der Waals surface area contributed by atoms with Gasteiger partial charge in [-0.25, -0.2) is 13.2 Å². The van der Waals surface area contributed by atoms with Crippen molar-refractivity contribution in [2.24, 2.45) is 0 Å². The van der Waals surface area contributed by atoms with Gasteiger partial charge in [-0.15, -0.1) is 0 Å². The van der Waals surface area contributed by atoms with Crippen molar-refractivity contribution in [3.63, 3.8) is 0 Å². The normalized spacial score (nSPS) is 12.3. The Bertz CT molecular complexity index is 1480. The molecule has 37 heavy (non-hydrogen) atoms. The van der Waals surface area contributed by atoms with Crippen LogP contribution in [-0.2, 0) is 16.4 Å². The average Bonchev–Trinajstić information content (AvgIpc) is 2.90. The maximum Gasteiger partial charge on any atom is 0.336 e. The van der Waals surface area contributed by atoms with E-state index in [2.05, 4.69) is 10.0 Å². The van der Waals surface area contributed by atoms with Crippen LogP contribution in [0.3, 0.4) is 0 Å². The maximum atomic E-state index is 12.6. The molecule has 1 aromatic heterocycles. The van der Waals surface area contributed by atoms with Crippen molar-refractivity contribution in [3.05, 3.63) is 94.8 Å². The van der Waals surface area contributed by atoms with Gasteiger partial charge in [-0.1, -0.05) is 12.1 Å². The molecule has 0 amide bonds. The van der Waals surface area contributed by atoms with E-state index in [0.717, 1.165) is 10.9 Å². The molecule has 0 aliphatic rings. The van der Waals surface area contributed by atoms with Crippen molar-refractivity contribution in [2.45, 2.75) is 17.4 Å². The zero-order chi connectivity index (χ0) is 26.3. The second-order valence-corrected chi connectivity index (χ2v) is 10.0. The Morgan fingerprint density at radius 1 is 0.946 bits per heavy atom. The van der Waals surface area contributed by atoms with Crippen LogP contribution in [0.5, 0.6) is 11.5 Å². The van der Waals surface area contributed by atoms with Crippen molar-refractivity contribution in [1.29, 1.82) is 0 Å². The molecule has 0 aliphatic heterocycles. The second-order valence-electron chi connectivity index (χ2n) is 8.35. The molecular weight excluding hydrogens is 496 g/mol. The number of benzene rings is 3. The fourth-order valence-corrected chi connectivity index (χ4v) is 4.65. The number of aliphatic hydroxyl groups is 1. The van der Waals surface area contributed by atoms with E-state index in [4.69, 9.17) is 13.9 Å². The van der Waals surface area contributed by atoms with Crippen molar-refractivity contribution in [3.8, 4) is 11.5 Å². The third-order valence-electron chi connectivity index (χ3n) is 5.58. The van der Waals surface area contributed by atoms with Crippen LogP contribution in [0.25, 0.3) is 11.0 Å². The molecule has 0 bridgehead atoms. The molecule has 1 atom stereocenters. The highest BCUT2D eigenvalue weighted by atomic mass is 32.2. The van der Waals surface area contributed by atoms with Crippen molar-refractivity contribution in [2.75, 3.05) is 31.5 Å². The maximum absolute atomic E-state index is 12.6. The lowest BCUT2D eigenvalue weighted by atomic mass is 10.1. The summed E-state index contributed by atoms with van der Waals surface area (Å²) in [6.07, 6.45) is -0.0313. The van der Waals surface area contributed by atoms with E-state index in [1.807, 2.05) is 12.1 Å². The summed E-state index contributed by atoms with van der Waals surface area (Å²) in [5, 5.41) is 14.2. The Kier molecular flexibility index (Phi) is 8.44. The number of anilines is 1. The Hall–Kier alpha value is -3.86. The molecule has 0 saturated carbocycles. The van der Waals surface area contributed by atoms with E-state index < -0.39 is 21.8 Å². The van der Waals surface area contributed by atoms with E-state index in [9.17, 15) is 18.3 Å². The minimum absolute atomic E-state index is 0.0820. The fraction of sp³-hybridized carbons (Fsp3) is 0.222. The zero-order valence-corrected chi connectivity index (χ0v) is 21.0. The second kappa shape index (κ2) is 11.9. The first-order chi connectivity index (χ1) is 17.8. The van der Waals surface area contributed by atoms with Crippen LogP contribution in [-0.4, -0.2) is 46.4 Å². The lowest BCUT2D eigenvalue weighted by Gasteiger charge is -2.14. The smallest absolute Gasteiger partial charge is 0.336 e. The molecule has 0 spiro atoms. The molecule has 4 aromatic rings. The van der Waals surface area contributed by atoms with E-state index >= 15 is 0 Å². The Labute approximate surface area is 214 Å². The highest BCUT2D eigenvalue weighted by molar-refractivity contribution is 7.92. The number of methoxy groups -OCH3 is 1. The predicted octanol–water partition coefficient (Wildman–Crippen LogP) is 3.17. The van der Waals surface area contributed by atoms with Crippen LogP contribution in [0.15, 0.2) is 93.0 Å². The molecule has 3 aromatic carbocycles. The number of nitrogens with one attached hydrogen (secondary N) is 2. The number of sulfonamides is 1. The first kappa shape index (κ1) is 26.2. The minimum Gasteiger partial charge on any atom is -0.497 e. The number of aliphatic hydroxyl groups excluding tert-OH is 1. The molecule has 0 unspecified atom stereocenters. The van der Waals surface area contributed by atoms with Gasteiger partial charge < -0.3 is 24.3 Å². The summed E-state index contributed by atoms with van der Waals surface area (Å²) in [5.41, 5.74) is 1.48. The summed E-state index contributed by atoms with van der Waals surface area (Å²) in [6.45, 7) is 1.04. The Morgan fingerprint density at radius 3 is 2.38 bits per heavy atom. The molecule has 1 heterocycles. The van der Waals surface area contributed by atoms with Gasteiger partial charge in [-0.2, -0.15) is 0 Å². The summed E-state index contributed by atoms with van der Waals surface area (Å²) in [4.78, 5) is 11.5. The summed E-state index contributed by atoms with van der Waals surface area (Å²) >= 11 is 0. The van der Waals surface area contributed by atoms with Gasteiger partial charge in [-0.05, 0) is 73.1 Å². The third-order valence-corrected chi connectivity index (χ3v) is 6.98. The fourth-order valence-electron chi connectivity index (χ4n) is 3.59. The van der Waals surface area contributed by atoms with Gasteiger partial charge in [0.1, 0.15) is 29.8 Å². The molecule has 0 fully saturated rings. The SMILES string of the molecule is COc1ccc(S(=O)(=O)Nc2ccc(CCNC[C@H](O)COc3ccc4ccc(=O)oc4c3)cc2)cc1. The van der Waals surface area contributed by atoms with Crippen LogP contribution in [0.4, 0.5) is 5.69 Å². The molecule has 9 nitrogen and oxygen atoms in total. The molecular formula is C27H28N2O7S. The molecule has 194 valence electrons. The van der Waals surface area contributed by atoms with Gasteiger partial charge in [-0.3, -0.25) is 4.72 Å². The monoisotopic (exact) mass is 524 g/mol. The van der Waals surface area contributed by atoms with E-state index in [1.165, 1.54) is 25.3 Å². The van der Waals surface area contributed by atoms with Gasteiger partial charge in [0, 0.05) is 29.8 Å². The summed E-state index contributed by atoms with van der Waals surface area (Å²) in [6, 6.07) is 21.5. The van der Waals surface area contributed by atoms with Gasteiger partial charge in [0.2, 0.25) is 0 Å². The lowest BCUT2D eigenvalue weighted by Crippen LogP contribution is -2.32. The molecule has 4 rings (SSSR count). The van der Waals surface area contributed by atoms with E-state index in [1.54, 1.807) is 48.5 Å². The van der Waals surface area contributed by atoms with Crippen LogP contribution in [0.1, 0.15) is 5.56 Å². The van der Waals surface area contributed by atoms with Crippen LogP contribution < -0.4 is 25.1 Å². The van der Waals surface area contributed by atoms with Gasteiger partial charge in [0.05, 0.1) is 12.0 Å². The van der Waals surface area contributed by atoms with Crippen molar-refractivity contribution >= 4 is 26.7 Å². The van der Waals surface area contributed by atoms with Crippen LogP contribution in [0, 0.1) is 0 Å². The first-order valence-corrected chi connectivity index (χ1v) is 13.1. The minimum atomic E-state index is -3.70. The number of ether oxygens (including phenoxy) is 2. The van der Waals surface area contributed by atoms with Crippen LogP contribution in [0.2, 0.25) is 0 Å². The highest BCUT2D eigenvalue weighted by Gasteiger charge is 2.14. The molecule has 3 N–H and O–H groups in total. The summed E-state index contributed by atoms with van der Waals surface area (Å²) in [5.74, 6) is 1.08. The molecule has 0 saturated heterocycles. The van der Waals surface area contributed by atoms with Gasteiger partial charge >= 0.3 is 5.63 Å². The van der Waals surface area contributed by atoms with E-state index in [-0.39, 0.29) is 11.5 Å². The van der Waals surface area contributed by atoms with Gasteiger partial charge in [0.25, 0.3) is 10.0 Å². The first-order valence-electron chi connectivity index (χ1n) is 11.6. The van der Waals surface area contributed by atoms with Crippen molar-refractivity contribution in [1.82, 2.24) is 5.32 Å². The third kappa shape index (κ3) is 7.32. The number of fused-ring (bicyclic) bond motifs is 1. The Balaban J connectivity index is 1.19. The summed E-state index contributed by atoms with van der Waals surface area (Å²) in [7, 11) is -2.18. The number of rotatable bonds is 12. The molecule has 0 aliphatic carbocycles. The zero-order valence-electron chi connectivity index (χ0n) is 20.2. The van der Waals surface area contributed by atoms with Crippen LogP contribution >= 0.6 is 0 Å². The van der Waals surface area contributed by atoms with Gasteiger partial charge in [0.15, 0.2) is 0 Å². The van der Waals surface area contributed by atoms with E-state index in [0.29, 0.717) is 42.3 Å². The lowest BCUT2D eigenvalue weighted by molar-refractivity contribution is 0.106. The number of hydrogen-bond acceptors (Lipinski definition) is 8. The predicted molar refractivity (Wildman–Crippen MR) is 141 cm³/mol. The topological polar surface area (TPSA) is 127 Å². The summed E-state index contributed by atoms with van der Waals surface area (Å²) < 4.78 is 43.5. The average molecular weight is 525 g/mol.